The van der Waals surface area contributed by atoms with Crippen molar-refractivity contribution in [2.75, 3.05) is 38.7 Å². The van der Waals surface area contributed by atoms with Crippen LogP contribution in [0.5, 0.6) is 0 Å². The second-order valence-electron chi connectivity index (χ2n) is 8.58. The van der Waals surface area contributed by atoms with Crippen molar-refractivity contribution in [3.8, 4) is 0 Å². The molecule has 0 unspecified atom stereocenters. The molecule has 1 aromatic rings. The predicted octanol–water partition coefficient (Wildman–Crippen LogP) is 2.29. The number of likely N-dealkylation sites (N-methyl/N-ethyl adjacent to an activating group) is 1. The first kappa shape index (κ1) is 18.7. The summed E-state index contributed by atoms with van der Waals surface area (Å²) in [6, 6.07) is 9.43. The molecule has 0 saturated carbocycles. The van der Waals surface area contributed by atoms with Gasteiger partial charge in [-0.25, -0.2) is 0 Å². The van der Waals surface area contributed by atoms with Crippen molar-refractivity contribution in [2.24, 2.45) is 5.92 Å². The van der Waals surface area contributed by atoms with Gasteiger partial charge in [-0.1, -0.05) is 17.6 Å². The molecule has 25 heavy (non-hydrogen) atoms. The molecule has 137 valence electrons. The van der Waals surface area contributed by atoms with E-state index in [-0.39, 0.29) is 5.60 Å². The minimum Gasteiger partial charge on any atom is -0.427 e. The van der Waals surface area contributed by atoms with Crippen LogP contribution in [0.25, 0.3) is 0 Å². The summed E-state index contributed by atoms with van der Waals surface area (Å²) in [5.41, 5.74) is 1.65. The monoisotopic (exact) mass is 343 g/mol. The van der Waals surface area contributed by atoms with E-state index in [0.717, 1.165) is 11.4 Å². The van der Waals surface area contributed by atoms with Gasteiger partial charge in [0.2, 0.25) is 0 Å². The Labute approximate surface area is 153 Å². The number of rotatable bonds is 6. The molecule has 1 radical (unpaired) electrons. The predicted molar refractivity (Wildman–Crippen MR) is 105 cm³/mol. The highest BCUT2D eigenvalue weighted by Crippen LogP contribution is 2.34. The molecule has 2 heterocycles. The molecular weight excluding hydrogens is 311 g/mol. The van der Waals surface area contributed by atoms with E-state index >= 15 is 0 Å². The van der Waals surface area contributed by atoms with E-state index in [2.05, 4.69) is 55.0 Å². The molecule has 0 bridgehead atoms. The molecule has 1 aromatic carbocycles. The van der Waals surface area contributed by atoms with Gasteiger partial charge in [-0.3, -0.25) is 0 Å². The van der Waals surface area contributed by atoms with Gasteiger partial charge in [-0.2, -0.15) is 0 Å². The van der Waals surface area contributed by atoms with Gasteiger partial charge in [0.25, 0.3) is 0 Å². The Hall–Kier alpha value is -1.04. The van der Waals surface area contributed by atoms with Crippen LogP contribution in [0.1, 0.15) is 34.1 Å². The fourth-order valence-corrected chi connectivity index (χ4v) is 3.84. The largest absolute Gasteiger partial charge is 0.427 e. The number of benzene rings is 1. The SMILES string of the molecule is COC(C)(C)C(C)(C)O[B]c1ccc(N2CC[C@@H]3CN(C)C[C@@H]32)cc1. The topological polar surface area (TPSA) is 24.9 Å². The van der Waals surface area contributed by atoms with Gasteiger partial charge >= 0.3 is 7.48 Å². The first-order chi connectivity index (χ1) is 11.7. The minimum absolute atomic E-state index is 0.359. The quantitative estimate of drug-likeness (QED) is 0.740. The molecule has 5 heteroatoms. The smallest absolute Gasteiger partial charge is 0.330 e. The lowest BCUT2D eigenvalue weighted by molar-refractivity contribution is -0.114. The third-order valence-corrected chi connectivity index (χ3v) is 6.40. The molecule has 2 aliphatic rings. The molecule has 0 aliphatic carbocycles. The van der Waals surface area contributed by atoms with Crippen LogP contribution in [0.4, 0.5) is 5.69 Å². The van der Waals surface area contributed by atoms with E-state index < -0.39 is 5.60 Å². The van der Waals surface area contributed by atoms with E-state index in [1.54, 1.807) is 7.11 Å². The van der Waals surface area contributed by atoms with Gasteiger partial charge in [0.1, 0.15) is 0 Å². The maximum absolute atomic E-state index is 6.05. The Kier molecular flexibility index (Phi) is 5.20. The fraction of sp³-hybridized carbons (Fsp3) is 0.700. The van der Waals surface area contributed by atoms with Crippen LogP contribution < -0.4 is 10.4 Å². The molecule has 3 rings (SSSR count). The standard InChI is InChI=1S/C20H32BN2O2/c1-19(2,24-6)20(3,4)25-21-16-7-9-17(10-8-16)23-12-11-15-13-22(5)14-18(15)23/h7-10,15,18H,11-14H2,1-6H3/t15-,18+/m1/s1. The molecule has 0 amide bonds. The summed E-state index contributed by atoms with van der Waals surface area (Å²) in [7, 11) is 5.81. The maximum atomic E-state index is 6.05. The molecule has 2 fully saturated rings. The lowest BCUT2D eigenvalue weighted by Crippen LogP contribution is -2.50. The van der Waals surface area contributed by atoms with Crippen molar-refractivity contribution >= 4 is 18.6 Å². The number of anilines is 1. The number of likely N-dealkylation sites (tertiary alicyclic amines) is 1. The highest BCUT2D eigenvalue weighted by molar-refractivity contribution is 6.47. The summed E-state index contributed by atoms with van der Waals surface area (Å²) in [6.07, 6.45) is 1.31. The van der Waals surface area contributed by atoms with Crippen LogP contribution in [0, 0.1) is 5.92 Å². The molecular formula is C20H32BN2O2. The summed E-state index contributed by atoms with van der Waals surface area (Å²) < 4.78 is 11.6. The van der Waals surface area contributed by atoms with Gasteiger partial charge in [-0.05, 0) is 59.2 Å². The summed E-state index contributed by atoms with van der Waals surface area (Å²) in [6.45, 7) is 11.8. The van der Waals surface area contributed by atoms with Gasteiger partial charge < -0.3 is 19.2 Å². The average Bonchev–Trinajstić information content (AvgIpc) is 3.12. The fourth-order valence-electron chi connectivity index (χ4n) is 3.84. The lowest BCUT2D eigenvalue weighted by Gasteiger charge is -2.40. The van der Waals surface area contributed by atoms with Crippen molar-refractivity contribution in [2.45, 2.75) is 51.4 Å². The van der Waals surface area contributed by atoms with Crippen molar-refractivity contribution in [1.29, 1.82) is 0 Å². The van der Waals surface area contributed by atoms with Crippen LogP contribution in [0.3, 0.4) is 0 Å². The third kappa shape index (κ3) is 3.74. The highest BCUT2D eigenvalue weighted by atomic mass is 16.5. The Morgan fingerprint density at radius 1 is 1.04 bits per heavy atom. The summed E-state index contributed by atoms with van der Waals surface area (Å²) in [5.74, 6) is 0.830. The van der Waals surface area contributed by atoms with Crippen molar-refractivity contribution < 1.29 is 9.39 Å². The van der Waals surface area contributed by atoms with Gasteiger partial charge in [-0.15, -0.1) is 0 Å². The molecule has 2 atom stereocenters. The zero-order chi connectivity index (χ0) is 18.2. The second kappa shape index (κ2) is 6.94. The van der Waals surface area contributed by atoms with Crippen molar-refractivity contribution in [3.05, 3.63) is 24.3 Å². The summed E-state index contributed by atoms with van der Waals surface area (Å²) in [4.78, 5) is 5.04. The van der Waals surface area contributed by atoms with Crippen LogP contribution in [0.2, 0.25) is 0 Å². The zero-order valence-electron chi connectivity index (χ0n) is 16.6. The minimum atomic E-state index is -0.406. The summed E-state index contributed by atoms with van der Waals surface area (Å²) in [5, 5.41) is 0. The van der Waals surface area contributed by atoms with E-state index in [9.17, 15) is 0 Å². The van der Waals surface area contributed by atoms with Crippen molar-refractivity contribution in [1.82, 2.24) is 4.90 Å². The van der Waals surface area contributed by atoms with Crippen LogP contribution in [-0.4, -0.2) is 63.4 Å². The normalized spacial score (nSPS) is 24.6. The first-order valence-electron chi connectivity index (χ1n) is 9.35. The molecule has 0 aromatic heterocycles. The maximum Gasteiger partial charge on any atom is 0.330 e. The van der Waals surface area contributed by atoms with E-state index in [4.69, 9.17) is 9.39 Å². The van der Waals surface area contributed by atoms with Gasteiger partial charge in [0.15, 0.2) is 0 Å². The number of ether oxygens (including phenoxy) is 1. The Bertz CT molecular complexity index is 588. The average molecular weight is 343 g/mol. The van der Waals surface area contributed by atoms with Crippen molar-refractivity contribution in [3.63, 3.8) is 0 Å². The number of hydrogen-bond donors (Lipinski definition) is 0. The number of fused-ring (bicyclic) bond motifs is 1. The molecule has 4 nitrogen and oxygen atoms in total. The molecule has 0 N–H and O–H groups in total. The van der Waals surface area contributed by atoms with Gasteiger partial charge in [0, 0.05) is 38.5 Å². The second-order valence-corrected chi connectivity index (χ2v) is 8.58. The van der Waals surface area contributed by atoms with E-state index in [1.165, 1.54) is 31.7 Å². The highest BCUT2D eigenvalue weighted by Gasteiger charge is 2.40. The van der Waals surface area contributed by atoms with Gasteiger partial charge in [0.05, 0.1) is 11.2 Å². The van der Waals surface area contributed by atoms with E-state index in [1.807, 2.05) is 21.3 Å². The zero-order valence-corrected chi connectivity index (χ0v) is 16.6. The molecule has 0 spiro atoms. The van der Waals surface area contributed by atoms with Crippen LogP contribution in [0.15, 0.2) is 24.3 Å². The van der Waals surface area contributed by atoms with Crippen LogP contribution >= 0.6 is 0 Å². The number of nitrogens with zero attached hydrogens (tertiary/aromatic N) is 2. The third-order valence-electron chi connectivity index (χ3n) is 6.40. The summed E-state index contributed by atoms with van der Waals surface area (Å²) >= 11 is 0. The Balaban J connectivity index is 1.61. The Morgan fingerprint density at radius 3 is 2.36 bits per heavy atom. The van der Waals surface area contributed by atoms with Crippen LogP contribution in [-0.2, 0) is 9.39 Å². The number of methoxy groups -OCH3 is 1. The Morgan fingerprint density at radius 2 is 1.72 bits per heavy atom. The lowest BCUT2D eigenvalue weighted by atomic mass is 9.82. The van der Waals surface area contributed by atoms with E-state index in [0.29, 0.717) is 6.04 Å². The molecule has 2 aliphatic heterocycles. The number of hydrogen-bond acceptors (Lipinski definition) is 4. The molecule has 2 saturated heterocycles. The first-order valence-corrected chi connectivity index (χ1v) is 9.35.